The van der Waals surface area contributed by atoms with Gasteiger partial charge in [-0.05, 0) is 12.1 Å². The number of nitrogens with zero attached hydrogens (tertiary/aromatic N) is 3. The Morgan fingerprint density at radius 3 is 2.76 bits per heavy atom. The van der Waals surface area contributed by atoms with Gasteiger partial charge < -0.3 is 21.0 Å². The standard InChI is InChI=1S/C17H15N5O4S2.Na/c1-7(23)19-11-14(24)22-12(16(25)26)10(6-27-15(11)22)28-17-20-9-5-3-2-4-8(9)13(18)21-17;/h2-5,11,15H,6H2,1H3,(H,19,23)(H,25,26)(H2,18,20,21);/q;+1/p-1/t11?,15-;/m1./s1. The topological polar surface area (TPSA) is 141 Å². The van der Waals surface area contributed by atoms with Gasteiger partial charge in [-0.1, -0.05) is 23.9 Å². The summed E-state index contributed by atoms with van der Waals surface area (Å²) in [4.78, 5) is 45.6. The predicted octanol–water partition coefficient (Wildman–Crippen LogP) is -3.31. The van der Waals surface area contributed by atoms with Crippen LogP contribution < -0.4 is 45.7 Å². The number of nitrogen functional groups attached to an aromatic ring is 1. The average Bonchev–Trinajstić information content (AvgIpc) is 2.65. The number of carboxylic acids is 1. The van der Waals surface area contributed by atoms with Crippen LogP contribution in [0.2, 0.25) is 0 Å². The minimum Gasteiger partial charge on any atom is -0.543 e. The Balaban J connectivity index is 0.00000240. The fourth-order valence-corrected chi connectivity index (χ4v) is 5.53. The Morgan fingerprint density at radius 1 is 1.34 bits per heavy atom. The third-order valence-electron chi connectivity index (χ3n) is 4.31. The number of carboxylic acid groups (broad SMARTS) is 1. The summed E-state index contributed by atoms with van der Waals surface area (Å²) in [5, 5.41) is 14.8. The van der Waals surface area contributed by atoms with Crippen molar-refractivity contribution in [1.82, 2.24) is 20.2 Å². The molecule has 0 bridgehead atoms. The van der Waals surface area contributed by atoms with Crippen LogP contribution in [0.3, 0.4) is 0 Å². The number of hydrogen-bond donors (Lipinski definition) is 2. The van der Waals surface area contributed by atoms with Crippen molar-refractivity contribution in [2.45, 2.75) is 23.5 Å². The molecule has 12 heteroatoms. The number of aromatic nitrogens is 2. The number of thioether (sulfide) groups is 2. The van der Waals surface area contributed by atoms with E-state index in [-0.39, 0.29) is 52.1 Å². The van der Waals surface area contributed by atoms with Crippen molar-refractivity contribution in [3.8, 4) is 0 Å². The minimum absolute atomic E-state index is 0. The molecule has 1 aromatic heterocycles. The van der Waals surface area contributed by atoms with Gasteiger partial charge in [-0.3, -0.25) is 14.5 Å². The molecular formula is C17H14N5NaO4S2. The third-order valence-corrected chi connectivity index (χ3v) is 6.72. The largest absolute Gasteiger partial charge is 1.00 e. The molecule has 0 aliphatic carbocycles. The molecule has 2 atom stereocenters. The van der Waals surface area contributed by atoms with Crippen molar-refractivity contribution in [3.05, 3.63) is 34.9 Å². The summed E-state index contributed by atoms with van der Waals surface area (Å²) in [6, 6.07) is 6.48. The summed E-state index contributed by atoms with van der Waals surface area (Å²) in [7, 11) is 0. The molecule has 1 unspecified atom stereocenters. The van der Waals surface area contributed by atoms with Gasteiger partial charge in [0.05, 0.1) is 17.2 Å². The van der Waals surface area contributed by atoms with Gasteiger partial charge in [-0.15, -0.1) is 11.8 Å². The Morgan fingerprint density at radius 2 is 2.07 bits per heavy atom. The SMILES string of the molecule is CC(=O)NC1C(=O)N2C(C(=O)[O-])=C(Sc3nc(N)c4ccccc4n3)CS[C@H]12.[Na+]. The van der Waals surface area contributed by atoms with Crippen molar-refractivity contribution < 1.29 is 49.0 Å². The number of β-lactam (4-membered cyclic amide) rings is 1. The van der Waals surface area contributed by atoms with Crippen molar-refractivity contribution in [3.63, 3.8) is 0 Å². The molecule has 4 rings (SSSR count). The Labute approximate surface area is 196 Å². The normalized spacial score (nSPS) is 20.6. The maximum atomic E-state index is 12.4. The number of nitrogens with two attached hydrogens (primary N) is 1. The van der Waals surface area contributed by atoms with Gasteiger partial charge in [0.2, 0.25) is 5.91 Å². The first-order chi connectivity index (χ1) is 13.4. The summed E-state index contributed by atoms with van der Waals surface area (Å²) in [6.07, 6.45) is 0. The minimum atomic E-state index is -1.46. The number of aliphatic carboxylic acids is 1. The smallest absolute Gasteiger partial charge is 0.543 e. The van der Waals surface area contributed by atoms with E-state index in [0.717, 1.165) is 16.7 Å². The second-order valence-corrected chi connectivity index (χ2v) is 8.32. The van der Waals surface area contributed by atoms with Crippen molar-refractivity contribution in [2.24, 2.45) is 0 Å². The number of fused-ring (bicyclic) bond motifs is 2. The predicted molar refractivity (Wildman–Crippen MR) is 103 cm³/mol. The molecule has 0 spiro atoms. The second-order valence-electron chi connectivity index (χ2n) is 6.16. The van der Waals surface area contributed by atoms with Gasteiger partial charge in [-0.25, -0.2) is 9.97 Å². The molecule has 2 aliphatic heterocycles. The van der Waals surface area contributed by atoms with E-state index >= 15 is 0 Å². The first kappa shape index (κ1) is 21.9. The molecule has 2 aromatic rings. The zero-order valence-corrected chi connectivity index (χ0v) is 19.2. The van der Waals surface area contributed by atoms with Crippen molar-refractivity contribution in [1.29, 1.82) is 0 Å². The zero-order chi connectivity index (χ0) is 20.0. The third kappa shape index (κ3) is 3.97. The number of carbonyl (C=O) groups is 3. The van der Waals surface area contributed by atoms with E-state index in [1.54, 1.807) is 12.1 Å². The van der Waals surface area contributed by atoms with Crippen LogP contribution in [0.25, 0.3) is 10.9 Å². The molecule has 1 saturated heterocycles. The number of carbonyl (C=O) groups excluding carboxylic acids is 3. The van der Waals surface area contributed by atoms with Crippen LogP contribution in [-0.2, 0) is 14.4 Å². The number of amides is 2. The van der Waals surface area contributed by atoms with Gasteiger partial charge in [0.25, 0.3) is 5.91 Å². The first-order valence-electron chi connectivity index (χ1n) is 8.23. The van der Waals surface area contributed by atoms with E-state index in [4.69, 9.17) is 5.73 Å². The van der Waals surface area contributed by atoms with Crippen LogP contribution in [0, 0.1) is 0 Å². The van der Waals surface area contributed by atoms with E-state index in [0.29, 0.717) is 21.6 Å². The fraction of sp³-hybridized carbons (Fsp3) is 0.235. The molecule has 2 amide bonds. The molecule has 29 heavy (non-hydrogen) atoms. The van der Waals surface area contributed by atoms with Gasteiger partial charge >= 0.3 is 29.6 Å². The Bertz CT molecular complexity index is 1060. The molecule has 1 fully saturated rings. The number of benzene rings is 1. The van der Waals surface area contributed by atoms with E-state index < -0.39 is 23.3 Å². The van der Waals surface area contributed by atoms with Gasteiger partial charge in [0, 0.05) is 23.0 Å². The summed E-state index contributed by atoms with van der Waals surface area (Å²) in [5.41, 5.74) is 6.41. The number of rotatable bonds is 4. The molecule has 9 nitrogen and oxygen atoms in total. The monoisotopic (exact) mass is 439 g/mol. The summed E-state index contributed by atoms with van der Waals surface area (Å²) < 4.78 is 0. The Hall–Kier alpha value is -1.79. The van der Waals surface area contributed by atoms with Crippen LogP contribution in [0.5, 0.6) is 0 Å². The molecular weight excluding hydrogens is 425 g/mol. The Kier molecular flexibility index (Phi) is 6.44. The van der Waals surface area contributed by atoms with E-state index in [9.17, 15) is 19.5 Å². The summed E-state index contributed by atoms with van der Waals surface area (Å²) in [6.45, 7) is 1.31. The van der Waals surface area contributed by atoms with Crippen LogP contribution in [0.1, 0.15) is 6.92 Å². The number of anilines is 1. The quantitative estimate of drug-likeness (QED) is 0.284. The summed E-state index contributed by atoms with van der Waals surface area (Å²) in [5.74, 6) is -1.69. The van der Waals surface area contributed by atoms with Crippen LogP contribution in [0.15, 0.2) is 40.0 Å². The molecule has 3 N–H and O–H groups in total. The van der Waals surface area contributed by atoms with Crippen LogP contribution >= 0.6 is 23.5 Å². The zero-order valence-electron chi connectivity index (χ0n) is 15.5. The number of nitrogens with one attached hydrogen (secondary N) is 1. The van der Waals surface area contributed by atoms with Crippen molar-refractivity contribution >= 4 is 58.0 Å². The molecule has 0 saturated carbocycles. The van der Waals surface area contributed by atoms with Crippen molar-refractivity contribution in [2.75, 3.05) is 11.5 Å². The van der Waals surface area contributed by atoms with Gasteiger partial charge in [0.15, 0.2) is 5.16 Å². The molecule has 3 heterocycles. The fourth-order valence-electron chi connectivity index (χ4n) is 3.11. The molecule has 2 aliphatic rings. The molecule has 144 valence electrons. The maximum Gasteiger partial charge on any atom is 1.00 e. The van der Waals surface area contributed by atoms with E-state index in [2.05, 4.69) is 15.3 Å². The van der Waals surface area contributed by atoms with Gasteiger partial charge in [0.1, 0.15) is 17.2 Å². The first-order valence-corrected chi connectivity index (χ1v) is 10.1. The van der Waals surface area contributed by atoms with Gasteiger partial charge in [-0.2, -0.15) is 0 Å². The van der Waals surface area contributed by atoms with E-state index in [1.165, 1.54) is 18.7 Å². The van der Waals surface area contributed by atoms with E-state index in [1.807, 2.05) is 12.1 Å². The molecule has 1 aromatic carbocycles. The van der Waals surface area contributed by atoms with Crippen LogP contribution in [0.4, 0.5) is 5.82 Å². The number of hydrogen-bond acceptors (Lipinski definition) is 9. The second kappa shape index (κ2) is 8.52. The maximum absolute atomic E-state index is 12.4. The molecule has 0 radical (unpaired) electrons. The summed E-state index contributed by atoms with van der Waals surface area (Å²) >= 11 is 2.40. The van der Waals surface area contributed by atoms with Crippen LogP contribution in [-0.4, -0.2) is 49.8 Å². The number of para-hydroxylation sites is 1. The average molecular weight is 439 g/mol.